The number of carbonyl (C=O) groups is 1. The Balaban J connectivity index is 1.64. The monoisotopic (exact) mass is 358 g/mol. The summed E-state index contributed by atoms with van der Waals surface area (Å²) >= 11 is 0. The minimum absolute atomic E-state index is 0.0627. The van der Waals surface area contributed by atoms with Crippen molar-refractivity contribution in [2.24, 2.45) is 0 Å². The molecule has 1 fully saturated rings. The first-order valence-corrected chi connectivity index (χ1v) is 8.68. The Hall–Kier alpha value is -2.54. The standard InChI is InChI=1S/C19H23FN4O2/c1-12-7-22-17(9-21-12)19(25)23-8-15-4-5-18(16(20)6-15)24-10-13(2)26-14(3)11-24/h4-7,9,13-14H,8,10-11H2,1-3H3,(H,23,25)/t13-,14-/m1/s1. The van der Waals surface area contributed by atoms with Crippen LogP contribution in [0.25, 0.3) is 0 Å². The highest BCUT2D eigenvalue weighted by Crippen LogP contribution is 2.24. The summed E-state index contributed by atoms with van der Waals surface area (Å²) in [7, 11) is 0. The van der Waals surface area contributed by atoms with Crippen LogP contribution in [0.5, 0.6) is 0 Å². The number of nitrogens with zero attached hydrogens (tertiary/aromatic N) is 3. The van der Waals surface area contributed by atoms with Gasteiger partial charge in [0, 0.05) is 25.8 Å². The lowest BCUT2D eigenvalue weighted by molar-refractivity contribution is -0.00539. The van der Waals surface area contributed by atoms with Crippen molar-refractivity contribution in [1.82, 2.24) is 15.3 Å². The van der Waals surface area contributed by atoms with Crippen molar-refractivity contribution in [2.45, 2.75) is 39.5 Å². The van der Waals surface area contributed by atoms with Crippen molar-refractivity contribution >= 4 is 11.6 Å². The molecule has 1 saturated heterocycles. The minimum Gasteiger partial charge on any atom is -0.372 e. The summed E-state index contributed by atoms with van der Waals surface area (Å²) in [6, 6.07) is 5.04. The van der Waals surface area contributed by atoms with Gasteiger partial charge in [-0.15, -0.1) is 0 Å². The van der Waals surface area contributed by atoms with E-state index in [4.69, 9.17) is 4.74 Å². The molecule has 1 aliphatic heterocycles. The molecule has 7 heteroatoms. The number of rotatable bonds is 4. The second kappa shape index (κ2) is 7.78. The largest absolute Gasteiger partial charge is 0.372 e. The van der Waals surface area contributed by atoms with Crippen LogP contribution in [0.3, 0.4) is 0 Å². The summed E-state index contributed by atoms with van der Waals surface area (Å²) in [5.41, 5.74) is 2.23. The topological polar surface area (TPSA) is 67.4 Å². The van der Waals surface area contributed by atoms with Crippen LogP contribution in [-0.2, 0) is 11.3 Å². The highest BCUT2D eigenvalue weighted by atomic mass is 19.1. The van der Waals surface area contributed by atoms with E-state index >= 15 is 0 Å². The number of aromatic nitrogens is 2. The number of benzene rings is 1. The van der Waals surface area contributed by atoms with Crippen LogP contribution < -0.4 is 10.2 Å². The molecule has 2 heterocycles. The van der Waals surface area contributed by atoms with Gasteiger partial charge in [0.1, 0.15) is 11.5 Å². The average Bonchev–Trinajstić information content (AvgIpc) is 2.59. The zero-order valence-corrected chi connectivity index (χ0v) is 15.2. The Bertz CT molecular complexity index is 772. The van der Waals surface area contributed by atoms with Gasteiger partial charge < -0.3 is 15.0 Å². The lowest BCUT2D eigenvalue weighted by Crippen LogP contribution is -2.45. The van der Waals surface area contributed by atoms with Gasteiger partial charge in [-0.05, 0) is 38.5 Å². The summed E-state index contributed by atoms with van der Waals surface area (Å²) in [4.78, 5) is 22.1. The number of amides is 1. The van der Waals surface area contributed by atoms with E-state index in [1.165, 1.54) is 18.5 Å². The number of halogens is 1. The smallest absolute Gasteiger partial charge is 0.271 e. The Labute approximate surface area is 152 Å². The maximum atomic E-state index is 14.6. The molecule has 3 rings (SSSR count). The van der Waals surface area contributed by atoms with Crippen molar-refractivity contribution in [3.63, 3.8) is 0 Å². The zero-order valence-electron chi connectivity index (χ0n) is 15.2. The molecule has 0 aliphatic carbocycles. The van der Waals surface area contributed by atoms with E-state index in [9.17, 15) is 9.18 Å². The second-order valence-electron chi connectivity index (χ2n) is 6.67. The first-order valence-electron chi connectivity index (χ1n) is 8.68. The van der Waals surface area contributed by atoms with Gasteiger partial charge >= 0.3 is 0 Å². The maximum absolute atomic E-state index is 14.6. The molecule has 0 radical (unpaired) electrons. The fourth-order valence-corrected chi connectivity index (χ4v) is 3.07. The predicted molar refractivity (Wildman–Crippen MR) is 96.6 cm³/mol. The lowest BCUT2D eigenvalue weighted by atomic mass is 10.1. The van der Waals surface area contributed by atoms with Crippen molar-refractivity contribution in [1.29, 1.82) is 0 Å². The van der Waals surface area contributed by atoms with Gasteiger partial charge in [0.15, 0.2) is 0 Å². The number of morpholine rings is 1. The molecule has 2 aromatic rings. The van der Waals surface area contributed by atoms with Gasteiger partial charge in [0.2, 0.25) is 0 Å². The number of carbonyl (C=O) groups excluding carboxylic acids is 1. The molecule has 26 heavy (non-hydrogen) atoms. The molecule has 1 aromatic heterocycles. The summed E-state index contributed by atoms with van der Waals surface area (Å²) in [5, 5.41) is 2.73. The molecule has 1 aromatic carbocycles. The molecule has 6 nitrogen and oxygen atoms in total. The number of hydrogen-bond acceptors (Lipinski definition) is 5. The average molecular weight is 358 g/mol. The quantitative estimate of drug-likeness (QED) is 0.909. The van der Waals surface area contributed by atoms with E-state index in [1.807, 2.05) is 24.8 Å². The summed E-state index contributed by atoms with van der Waals surface area (Å²) < 4.78 is 20.3. The third-order valence-electron chi connectivity index (χ3n) is 4.24. The third kappa shape index (κ3) is 4.35. The normalized spacial score (nSPS) is 20.1. The summed E-state index contributed by atoms with van der Waals surface area (Å²) in [6.07, 6.45) is 3.09. The van der Waals surface area contributed by atoms with Crippen molar-refractivity contribution in [3.8, 4) is 0 Å². The summed E-state index contributed by atoms with van der Waals surface area (Å²) in [5.74, 6) is -0.633. The van der Waals surface area contributed by atoms with Crippen LogP contribution in [0.15, 0.2) is 30.6 Å². The van der Waals surface area contributed by atoms with Gasteiger partial charge in [0.25, 0.3) is 5.91 Å². The van der Waals surface area contributed by atoms with Gasteiger partial charge in [-0.2, -0.15) is 0 Å². The SMILES string of the molecule is Cc1cnc(C(=O)NCc2ccc(N3C[C@@H](C)O[C@H](C)C3)c(F)c2)cn1. The molecule has 0 unspecified atom stereocenters. The van der Waals surface area contributed by atoms with Crippen LogP contribution in [0.1, 0.15) is 35.6 Å². The first-order chi connectivity index (χ1) is 12.4. The third-order valence-corrected chi connectivity index (χ3v) is 4.24. The van der Waals surface area contributed by atoms with Crippen LogP contribution in [-0.4, -0.2) is 41.2 Å². The molecule has 0 spiro atoms. The van der Waals surface area contributed by atoms with E-state index in [-0.39, 0.29) is 36.2 Å². The van der Waals surface area contributed by atoms with Crippen LogP contribution >= 0.6 is 0 Å². The van der Waals surface area contributed by atoms with Crippen LogP contribution in [0.2, 0.25) is 0 Å². The fraction of sp³-hybridized carbons (Fsp3) is 0.421. The van der Waals surface area contributed by atoms with Gasteiger partial charge in [-0.25, -0.2) is 9.37 Å². The number of aryl methyl sites for hydroxylation is 1. The van der Waals surface area contributed by atoms with Gasteiger partial charge in [-0.3, -0.25) is 9.78 Å². The minimum atomic E-state index is -0.335. The molecule has 1 amide bonds. The highest BCUT2D eigenvalue weighted by Gasteiger charge is 2.24. The molecule has 0 saturated carbocycles. The van der Waals surface area contributed by atoms with Crippen molar-refractivity contribution in [3.05, 3.63) is 53.4 Å². The molecule has 1 aliphatic rings. The van der Waals surface area contributed by atoms with E-state index in [0.717, 1.165) is 5.69 Å². The molecular formula is C19H23FN4O2. The van der Waals surface area contributed by atoms with E-state index in [1.54, 1.807) is 13.0 Å². The van der Waals surface area contributed by atoms with E-state index in [0.29, 0.717) is 24.3 Å². The Kier molecular flexibility index (Phi) is 5.46. The number of ether oxygens (including phenoxy) is 1. The highest BCUT2D eigenvalue weighted by molar-refractivity contribution is 5.91. The van der Waals surface area contributed by atoms with Crippen molar-refractivity contribution < 1.29 is 13.9 Å². The Morgan fingerprint density at radius 3 is 2.62 bits per heavy atom. The van der Waals surface area contributed by atoms with Crippen LogP contribution in [0, 0.1) is 12.7 Å². The number of nitrogens with one attached hydrogen (secondary N) is 1. The van der Waals surface area contributed by atoms with Gasteiger partial charge in [0.05, 0.1) is 29.8 Å². The van der Waals surface area contributed by atoms with E-state index in [2.05, 4.69) is 15.3 Å². The molecular weight excluding hydrogens is 335 g/mol. The Morgan fingerprint density at radius 2 is 2.00 bits per heavy atom. The first kappa shape index (κ1) is 18.3. The van der Waals surface area contributed by atoms with Crippen molar-refractivity contribution in [2.75, 3.05) is 18.0 Å². The molecule has 0 bridgehead atoms. The summed E-state index contributed by atoms with van der Waals surface area (Å²) in [6.45, 7) is 7.31. The lowest BCUT2D eigenvalue weighted by Gasteiger charge is -2.37. The molecule has 138 valence electrons. The number of hydrogen-bond donors (Lipinski definition) is 1. The Morgan fingerprint density at radius 1 is 1.27 bits per heavy atom. The van der Waals surface area contributed by atoms with Crippen LogP contribution in [0.4, 0.5) is 10.1 Å². The maximum Gasteiger partial charge on any atom is 0.271 e. The molecule has 1 N–H and O–H groups in total. The second-order valence-corrected chi connectivity index (χ2v) is 6.67. The predicted octanol–water partition coefficient (Wildman–Crippen LogP) is 2.47. The number of anilines is 1. The van der Waals surface area contributed by atoms with Gasteiger partial charge in [-0.1, -0.05) is 6.07 Å². The fourth-order valence-electron chi connectivity index (χ4n) is 3.07. The zero-order chi connectivity index (χ0) is 18.7. The van der Waals surface area contributed by atoms with E-state index < -0.39 is 0 Å². The molecule has 2 atom stereocenters.